The van der Waals surface area contributed by atoms with E-state index in [0.717, 1.165) is 12.4 Å². The fourth-order valence-electron chi connectivity index (χ4n) is 4.04. The zero-order valence-electron chi connectivity index (χ0n) is 12.8. The highest BCUT2D eigenvalue weighted by Crippen LogP contribution is 2.49. The van der Waals surface area contributed by atoms with Gasteiger partial charge in [0.15, 0.2) is 0 Å². The molecule has 1 aliphatic heterocycles. The minimum atomic E-state index is 0.191. The van der Waals surface area contributed by atoms with Crippen molar-refractivity contribution in [2.24, 2.45) is 23.7 Å². The van der Waals surface area contributed by atoms with Gasteiger partial charge in [-0.05, 0) is 42.4 Å². The second-order valence-electron chi connectivity index (χ2n) is 6.35. The lowest BCUT2D eigenvalue weighted by molar-refractivity contribution is -0.0934. The molecule has 2 heteroatoms. The number of benzene rings is 1. The Morgan fingerprint density at radius 2 is 1.85 bits per heavy atom. The molecule has 0 unspecified atom stereocenters. The van der Waals surface area contributed by atoms with Crippen LogP contribution >= 0.6 is 0 Å². The van der Waals surface area contributed by atoms with E-state index < -0.39 is 0 Å². The second-order valence-corrected chi connectivity index (χ2v) is 6.35. The predicted molar refractivity (Wildman–Crippen MR) is 80.8 cm³/mol. The Hall–Kier alpha value is -1.28. The smallest absolute Gasteiger partial charge is 0.118 e. The molecular formula is C18H24O2. The molecule has 0 saturated carbocycles. The fourth-order valence-corrected chi connectivity index (χ4v) is 4.04. The average Bonchev–Trinajstić information content (AvgIpc) is 2.45. The van der Waals surface area contributed by atoms with E-state index in [1.807, 2.05) is 12.1 Å². The average molecular weight is 272 g/mol. The third-order valence-electron chi connectivity index (χ3n) is 5.21. The van der Waals surface area contributed by atoms with E-state index in [-0.39, 0.29) is 6.10 Å². The molecule has 0 spiro atoms. The third kappa shape index (κ3) is 2.16. The molecule has 1 fully saturated rings. The van der Waals surface area contributed by atoms with Crippen LogP contribution in [0.3, 0.4) is 0 Å². The van der Waals surface area contributed by atoms with Crippen molar-refractivity contribution in [3.63, 3.8) is 0 Å². The quantitative estimate of drug-likeness (QED) is 0.750. The largest absolute Gasteiger partial charge is 0.497 e. The molecule has 1 aliphatic carbocycles. The van der Waals surface area contributed by atoms with Gasteiger partial charge < -0.3 is 9.47 Å². The van der Waals surface area contributed by atoms with E-state index in [1.165, 1.54) is 11.1 Å². The van der Waals surface area contributed by atoms with Crippen LogP contribution < -0.4 is 4.74 Å². The van der Waals surface area contributed by atoms with E-state index in [0.29, 0.717) is 23.7 Å². The van der Waals surface area contributed by atoms with Crippen LogP contribution in [0.4, 0.5) is 0 Å². The van der Waals surface area contributed by atoms with Crippen LogP contribution in [0.25, 0.3) is 0 Å². The van der Waals surface area contributed by atoms with Crippen molar-refractivity contribution in [1.29, 1.82) is 0 Å². The summed E-state index contributed by atoms with van der Waals surface area (Å²) in [6, 6.07) is 8.34. The molecule has 3 rings (SSSR count). The van der Waals surface area contributed by atoms with Crippen molar-refractivity contribution in [1.82, 2.24) is 0 Å². The topological polar surface area (TPSA) is 18.5 Å². The first-order valence-corrected chi connectivity index (χ1v) is 7.55. The molecule has 2 bridgehead atoms. The molecular weight excluding hydrogens is 248 g/mol. The number of ether oxygens (including phenoxy) is 2. The van der Waals surface area contributed by atoms with E-state index in [1.54, 1.807) is 7.11 Å². The Labute approximate surface area is 121 Å². The minimum absolute atomic E-state index is 0.191. The Morgan fingerprint density at radius 1 is 1.15 bits per heavy atom. The van der Waals surface area contributed by atoms with Crippen LogP contribution in [0.1, 0.15) is 32.4 Å². The Kier molecular flexibility index (Phi) is 3.59. The van der Waals surface area contributed by atoms with Gasteiger partial charge in [-0.1, -0.05) is 37.6 Å². The van der Waals surface area contributed by atoms with Crippen molar-refractivity contribution in [3.8, 4) is 5.75 Å². The van der Waals surface area contributed by atoms with Crippen molar-refractivity contribution >= 4 is 0 Å². The van der Waals surface area contributed by atoms with Gasteiger partial charge >= 0.3 is 0 Å². The minimum Gasteiger partial charge on any atom is -0.497 e. The van der Waals surface area contributed by atoms with Crippen LogP contribution in [0.15, 0.2) is 35.9 Å². The van der Waals surface area contributed by atoms with Crippen LogP contribution in [0, 0.1) is 23.7 Å². The van der Waals surface area contributed by atoms with Gasteiger partial charge in [0.1, 0.15) is 5.75 Å². The molecule has 0 N–H and O–H groups in total. The molecule has 108 valence electrons. The maximum Gasteiger partial charge on any atom is 0.118 e. The fraction of sp³-hybridized carbons (Fsp3) is 0.556. The lowest BCUT2D eigenvalue weighted by atomic mass is 9.64. The van der Waals surface area contributed by atoms with Crippen LogP contribution in [0.5, 0.6) is 5.75 Å². The molecule has 1 aromatic carbocycles. The zero-order chi connectivity index (χ0) is 14.3. The van der Waals surface area contributed by atoms with E-state index >= 15 is 0 Å². The number of hydrogen-bond acceptors (Lipinski definition) is 2. The first-order valence-electron chi connectivity index (χ1n) is 7.55. The summed E-state index contributed by atoms with van der Waals surface area (Å²) in [4.78, 5) is 0. The van der Waals surface area contributed by atoms with E-state index in [9.17, 15) is 0 Å². The zero-order valence-corrected chi connectivity index (χ0v) is 12.8. The van der Waals surface area contributed by atoms with Crippen LogP contribution in [-0.4, -0.2) is 13.7 Å². The van der Waals surface area contributed by atoms with Gasteiger partial charge in [0, 0.05) is 5.92 Å². The van der Waals surface area contributed by atoms with Crippen molar-refractivity contribution in [2.75, 3.05) is 13.7 Å². The number of methoxy groups -OCH3 is 1. The number of rotatable bonds is 2. The maximum absolute atomic E-state index is 6.23. The SMILES string of the molecule is COc1ccc([C@H]2OC[C@H]3[C@@H](C)[C@H]2C(C)=C[C@@H]3C)cc1. The highest BCUT2D eigenvalue weighted by Gasteiger charge is 2.43. The summed E-state index contributed by atoms with van der Waals surface area (Å²) in [5.74, 6) is 3.41. The summed E-state index contributed by atoms with van der Waals surface area (Å²) in [5.41, 5.74) is 2.75. The molecule has 2 nitrogen and oxygen atoms in total. The van der Waals surface area contributed by atoms with Crippen LogP contribution in [0.2, 0.25) is 0 Å². The van der Waals surface area contributed by atoms with Crippen molar-refractivity contribution < 1.29 is 9.47 Å². The first kappa shape index (κ1) is 13.7. The number of allylic oxidation sites excluding steroid dienone is 1. The summed E-state index contributed by atoms with van der Waals surface area (Å²) in [5, 5.41) is 0. The molecule has 1 heterocycles. The Morgan fingerprint density at radius 3 is 2.50 bits per heavy atom. The number of hydrogen-bond donors (Lipinski definition) is 0. The molecule has 1 aromatic rings. The molecule has 5 atom stereocenters. The van der Waals surface area contributed by atoms with Gasteiger partial charge in [0.05, 0.1) is 19.8 Å². The van der Waals surface area contributed by atoms with Crippen molar-refractivity contribution in [2.45, 2.75) is 26.9 Å². The molecule has 20 heavy (non-hydrogen) atoms. The molecule has 0 amide bonds. The molecule has 0 aromatic heterocycles. The van der Waals surface area contributed by atoms with Crippen molar-refractivity contribution in [3.05, 3.63) is 41.5 Å². The highest BCUT2D eigenvalue weighted by atomic mass is 16.5. The van der Waals surface area contributed by atoms with Gasteiger partial charge in [0.2, 0.25) is 0 Å². The Balaban J connectivity index is 1.92. The van der Waals surface area contributed by atoms with Crippen LogP contribution in [-0.2, 0) is 4.74 Å². The third-order valence-corrected chi connectivity index (χ3v) is 5.21. The highest BCUT2D eigenvalue weighted by molar-refractivity contribution is 5.31. The van der Waals surface area contributed by atoms with Gasteiger partial charge in [-0.25, -0.2) is 0 Å². The van der Waals surface area contributed by atoms with E-state index in [4.69, 9.17) is 9.47 Å². The summed E-state index contributed by atoms with van der Waals surface area (Å²) < 4.78 is 11.5. The number of fused-ring (bicyclic) bond motifs is 2. The second kappa shape index (κ2) is 5.25. The Bertz CT molecular complexity index is 503. The summed E-state index contributed by atoms with van der Waals surface area (Å²) in [7, 11) is 1.70. The van der Waals surface area contributed by atoms with Gasteiger partial charge in [-0.15, -0.1) is 0 Å². The normalized spacial score (nSPS) is 36.4. The molecule has 1 saturated heterocycles. The standard InChI is InChI=1S/C18H24O2/c1-11-9-12(2)17-13(3)16(11)10-20-18(17)14-5-7-15(19-4)8-6-14/h5-9,11,13,16-18H,10H2,1-4H3/t11-,13+,16+,17+,18+/m0/s1. The predicted octanol–water partition coefficient (Wildman–Crippen LogP) is 4.23. The van der Waals surface area contributed by atoms with Gasteiger partial charge in [-0.3, -0.25) is 0 Å². The first-order chi connectivity index (χ1) is 9.61. The van der Waals surface area contributed by atoms with E-state index in [2.05, 4.69) is 39.0 Å². The molecule has 2 aliphatic rings. The van der Waals surface area contributed by atoms with Gasteiger partial charge in [0.25, 0.3) is 0 Å². The summed E-state index contributed by atoms with van der Waals surface area (Å²) in [6.45, 7) is 7.84. The molecule has 0 radical (unpaired) electrons. The summed E-state index contributed by atoms with van der Waals surface area (Å²) >= 11 is 0. The lowest BCUT2D eigenvalue weighted by Crippen LogP contribution is -2.42. The summed E-state index contributed by atoms with van der Waals surface area (Å²) in [6.07, 6.45) is 2.64. The lowest BCUT2D eigenvalue weighted by Gasteiger charge is -2.47. The monoisotopic (exact) mass is 272 g/mol. The van der Waals surface area contributed by atoms with Gasteiger partial charge in [-0.2, -0.15) is 0 Å². The maximum atomic E-state index is 6.23.